The standard InChI is InChI=1S/C9H19NO2/c1-4-8(5-2)9(6-11)10-7(3)12/h8-9,11H,4-6H2,1-3H3,(H,10,12). The molecule has 0 aliphatic heterocycles. The maximum absolute atomic E-state index is 10.7. The van der Waals surface area contributed by atoms with E-state index in [1.165, 1.54) is 6.92 Å². The van der Waals surface area contributed by atoms with Crippen LogP contribution in [0, 0.1) is 5.92 Å². The molecule has 0 aromatic rings. The molecule has 0 saturated carbocycles. The third-order valence-electron chi connectivity index (χ3n) is 2.20. The third kappa shape index (κ3) is 3.72. The highest BCUT2D eigenvalue weighted by molar-refractivity contribution is 5.73. The Morgan fingerprint density at radius 3 is 2.17 bits per heavy atom. The molecule has 3 nitrogen and oxygen atoms in total. The van der Waals surface area contributed by atoms with E-state index < -0.39 is 0 Å². The highest BCUT2D eigenvalue weighted by atomic mass is 16.3. The van der Waals surface area contributed by atoms with Crippen molar-refractivity contribution < 1.29 is 9.90 Å². The van der Waals surface area contributed by atoms with Gasteiger partial charge in [0.1, 0.15) is 0 Å². The molecule has 3 heteroatoms. The van der Waals surface area contributed by atoms with E-state index in [2.05, 4.69) is 19.2 Å². The number of carbonyl (C=O) groups is 1. The van der Waals surface area contributed by atoms with Crippen molar-refractivity contribution in [3.05, 3.63) is 0 Å². The minimum Gasteiger partial charge on any atom is -0.394 e. The highest BCUT2D eigenvalue weighted by Crippen LogP contribution is 2.12. The van der Waals surface area contributed by atoms with E-state index in [4.69, 9.17) is 5.11 Å². The molecule has 1 amide bonds. The zero-order valence-electron chi connectivity index (χ0n) is 8.13. The van der Waals surface area contributed by atoms with E-state index in [9.17, 15) is 4.79 Å². The predicted octanol–water partition coefficient (Wildman–Crippen LogP) is 0.920. The number of hydrogen-bond acceptors (Lipinski definition) is 2. The van der Waals surface area contributed by atoms with Gasteiger partial charge in [-0.3, -0.25) is 4.79 Å². The quantitative estimate of drug-likeness (QED) is 0.649. The summed E-state index contributed by atoms with van der Waals surface area (Å²) in [6.45, 7) is 5.65. The maximum Gasteiger partial charge on any atom is 0.217 e. The Morgan fingerprint density at radius 2 is 1.92 bits per heavy atom. The van der Waals surface area contributed by atoms with Gasteiger partial charge in [-0.2, -0.15) is 0 Å². The summed E-state index contributed by atoms with van der Waals surface area (Å²) in [4.78, 5) is 10.7. The van der Waals surface area contributed by atoms with Gasteiger partial charge in [-0.1, -0.05) is 26.7 Å². The van der Waals surface area contributed by atoms with Gasteiger partial charge in [-0.05, 0) is 5.92 Å². The van der Waals surface area contributed by atoms with Gasteiger partial charge in [0.15, 0.2) is 0 Å². The molecular weight excluding hydrogens is 154 g/mol. The lowest BCUT2D eigenvalue weighted by molar-refractivity contribution is -0.120. The summed E-state index contributed by atoms with van der Waals surface area (Å²) in [5.41, 5.74) is 0. The van der Waals surface area contributed by atoms with Crippen molar-refractivity contribution >= 4 is 5.91 Å². The Kier molecular flexibility index (Phi) is 5.72. The van der Waals surface area contributed by atoms with Gasteiger partial charge in [0.2, 0.25) is 5.91 Å². The third-order valence-corrected chi connectivity index (χ3v) is 2.20. The van der Waals surface area contributed by atoms with Gasteiger partial charge in [0.05, 0.1) is 12.6 Å². The van der Waals surface area contributed by atoms with E-state index in [0.29, 0.717) is 5.92 Å². The lowest BCUT2D eigenvalue weighted by Gasteiger charge is -2.23. The second kappa shape index (κ2) is 6.00. The molecule has 72 valence electrons. The number of aliphatic hydroxyl groups excluding tert-OH is 1. The Labute approximate surface area is 74.2 Å². The van der Waals surface area contributed by atoms with Crippen LogP contribution in [0.5, 0.6) is 0 Å². The number of amides is 1. The first-order chi connectivity index (χ1) is 5.65. The first-order valence-corrected chi connectivity index (χ1v) is 4.53. The Balaban J connectivity index is 4.01. The summed E-state index contributed by atoms with van der Waals surface area (Å²) in [5, 5.41) is 11.7. The van der Waals surface area contributed by atoms with Gasteiger partial charge < -0.3 is 10.4 Å². The van der Waals surface area contributed by atoms with Crippen LogP contribution in [-0.2, 0) is 4.79 Å². The van der Waals surface area contributed by atoms with Crippen molar-refractivity contribution in [3.8, 4) is 0 Å². The summed E-state index contributed by atoms with van der Waals surface area (Å²) < 4.78 is 0. The van der Waals surface area contributed by atoms with Crippen LogP contribution in [0.15, 0.2) is 0 Å². The number of nitrogens with one attached hydrogen (secondary N) is 1. The van der Waals surface area contributed by atoms with Gasteiger partial charge in [-0.25, -0.2) is 0 Å². The Hall–Kier alpha value is -0.570. The van der Waals surface area contributed by atoms with E-state index >= 15 is 0 Å². The second-order valence-electron chi connectivity index (χ2n) is 3.07. The largest absolute Gasteiger partial charge is 0.394 e. The fourth-order valence-electron chi connectivity index (χ4n) is 1.43. The summed E-state index contributed by atoms with van der Waals surface area (Å²) in [7, 11) is 0. The lowest BCUT2D eigenvalue weighted by Crippen LogP contribution is -2.41. The molecular formula is C9H19NO2. The summed E-state index contributed by atoms with van der Waals surface area (Å²) in [6.07, 6.45) is 1.98. The fraction of sp³-hybridized carbons (Fsp3) is 0.889. The average Bonchev–Trinajstić information content (AvgIpc) is 2.04. The normalized spacial score (nSPS) is 13.1. The Bertz CT molecular complexity index is 132. The van der Waals surface area contributed by atoms with Crippen molar-refractivity contribution in [2.45, 2.75) is 39.7 Å². The molecule has 0 spiro atoms. The minimum atomic E-state index is -0.0718. The number of hydrogen-bond donors (Lipinski definition) is 2. The van der Waals surface area contributed by atoms with Crippen LogP contribution in [0.4, 0.5) is 0 Å². The summed E-state index contributed by atoms with van der Waals surface area (Å²) in [5.74, 6) is 0.319. The zero-order chi connectivity index (χ0) is 9.56. The smallest absolute Gasteiger partial charge is 0.217 e. The first-order valence-electron chi connectivity index (χ1n) is 4.53. The van der Waals surface area contributed by atoms with Crippen molar-refractivity contribution in [2.24, 2.45) is 5.92 Å². The molecule has 0 aromatic carbocycles. The lowest BCUT2D eigenvalue weighted by atomic mass is 9.95. The molecule has 0 aliphatic carbocycles. The molecule has 0 radical (unpaired) electrons. The van der Waals surface area contributed by atoms with Gasteiger partial charge in [0, 0.05) is 6.92 Å². The van der Waals surface area contributed by atoms with Crippen LogP contribution in [0.3, 0.4) is 0 Å². The molecule has 0 heterocycles. The van der Waals surface area contributed by atoms with Gasteiger partial charge in [-0.15, -0.1) is 0 Å². The molecule has 0 fully saturated rings. The maximum atomic E-state index is 10.7. The predicted molar refractivity (Wildman–Crippen MR) is 48.8 cm³/mol. The first kappa shape index (κ1) is 11.4. The van der Waals surface area contributed by atoms with Crippen LogP contribution in [0.2, 0.25) is 0 Å². The molecule has 0 saturated heterocycles. The van der Waals surface area contributed by atoms with Crippen molar-refractivity contribution in [2.75, 3.05) is 6.61 Å². The van der Waals surface area contributed by atoms with Crippen LogP contribution in [0.25, 0.3) is 0 Å². The van der Waals surface area contributed by atoms with Gasteiger partial charge >= 0.3 is 0 Å². The Morgan fingerprint density at radius 1 is 1.42 bits per heavy atom. The van der Waals surface area contributed by atoms with Crippen LogP contribution < -0.4 is 5.32 Å². The SMILES string of the molecule is CCC(CC)C(CO)NC(C)=O. The van der Waals surface area contributed by atoms with Crippen molar-refractivity contribution in [1.29, 1.82) is 0 Å². The van der Waals surface area contributed by atoms with E-state index in [1.807, 2.05) is 0 Å². The van der Waals surface area contributed by atoms with Crippen molar-refractivity contribution in [3.63, 3.8) is 0 Å². The molecule has 0 aromatic heterocycles. The number of carbonyl (C=O) groups excluding carboxylic acids is 1. The average molecular weight is 173 g/mol. The van der Waals surface area contributed by atoms with E-state index in [0.717, 1.165) is 12.8 Å². The zero-order valence-corrected chi connectivity index (χ0v) is 8.13. The summed E-state index contributed by atoms with van der Waals surface area (Å²) in [6, 6.07) is -0.0718. The topological polar surface area (TPSA) is 49.3 Å². The molecule has 1 atom stereocenters. The fourth-order valence-corrected chi connectivity index (χ4v) is 1.43. The molecule has 2 N–H and O–H groups in total. The van der Waals surface area contributed by atoms with Crippen LogP contribution in [-0.4, -0.2) is 23.7 Å². The van der Waals surface area contributed by atoms with Crippen LogP contribution >= 0.6 is 0 Å². The van der Waals surface area contributed by atoms with Crippen LogP contribution in [0.1, 0.15) is 33.6 Å². The molecule has 1 unspecified atom stereocenters. The minimum absolute atomic E-state index is 0.0337. The highest BCUT2D eigenvalue weighted by Gasteiger charge is 2.17. The van der Waals surface area contributed by atoms with E-state index in [-0.39, 0.29) is 18.6 Å². The monoisotopic (exact) mass is 173 g/mol. The molecule has 0 bridgehead atoms. The van der Waals surface area contributed by atoms with E-state index in [1.54, 1.807) is 0 Å². The number of rotatable bonds is 5. The van der Waals surface area contributed by atoms with Gasteiger partial charge in [0.25, 0.3) is 0 Å². The summed E-state index contributed by atoms with van der Waals surface area (Å²) >= 11 is 0. The molecule has 0 rings (SSSR count). The van der Waals surface area contributed by atoms with Crippen molar-refractivity contribution in [1.82, 2.24) is 5.32 Å². The molecule has 0 aliphatic rings. The second-order valence-corrected chi connectivity index (χ2v) is 3.07. The number of aliphatic hydroxyl groups is 1. The molecule has 12 heavy (non-hydrogen) atoms.